The summed E-state index contributed by atoms with van der Waals surface area (Å²) in [6.07, 6.45) is 0. The Morgan fingerprint density at radius 1 is 1.43 bits per heavy atom. The first kappa shape index (κ1) is 6.84. The predicted molar refractivity (Wildman–Crippen MR) is 25.2 cm³/mol. The molecular formula is C3H10N2O2. The lowest BCUT2D eigenvalue weighted by Crippen LogP contribution is -2.16. The molecule has 0 heterocycles. The van der Waals surface area contributed by atoms with Gasteiger partial charge in [-0.25, -0.2) is 4.89 Å². The fourth-order valence-corrected chi connectivity index (χ4v) is 0.147. The van der Waals surface area contributed by atoms with Crippen LogP contribution in [0.15, 0.2) is 0 Å². The quantitative estimate of drug-likeness (QED) is 0.214. The predicted octanol–water partition coefficient (Wildman–Crippen LogP) is -0.754. The standard InChI is InChI=1S/C3H10N2O2/c1-4-3-6-7-5-2/h4-5H,3H2,1-2H3. The van der Waals surface area contributed by atoms with E-state index in [2.05, 4.69) is 20.7 Å². The summed E-state index contributed by atoms with van der Waals surface area (Å²) in [6.45, 7) is 0.390. The van der Waals surface area contributed by atoms with Crippen LogP contribution in [0.1, 0.15) is 0 Å². The Morgan fingerprint density at radius 2 is 2.14 bits per heavy atom. The molecule has 0 saturated carbocycles. The second-order valence-electron chi connectivity index (χ2n) is 0.903. The van der Waals surface area contributed by atoms with Gasteiger partial charge >= 0.3 is 0 Å². The van der Waals surface area contributed by atoms with E-state index in [9.17, 15) is 0 Å². The molecule has 4 heteroatoms. The molecule has 0 amide bonds. The van der Waals surface area contributed by atoms with Crippen molar-refractivity contribution in [3.05, 3.63) is 0 Å². The molecule has 0 aliphatic heterocycles. The van der Waals surface area contributed by atoms with Crippen LogP contribution in [0.5, 0.6) is 0 Å². The molecule has 0 atom stereocenters. The minimum atomic E-state index is 0.390. The average Bonchev–Trinajstić information content (AvgIpc) is 1.69. The van der Waals surface area contributed by atoms with Crippen LogP contribution in [0.3, 0.4) is 0 Å². The third-order valence-corrected chi connectivity index (χ3v) is 0.346. The summed E-state index contributed by atoms with van der Waals surface area (Å²) in [5, 5.41) is 2.72. The molecule has 44 valence electrons. The maximum atomic E-state index is 4.41. The van der Waals surface area contributed by atoms with Crippen molar-refractivity contribution in [2.24, 2.45) is 0 Å². The highest BCUT2D eigenvalue weighted by molar-refractivity contribution is 4.06. The van der Waals surface area contributed by atoms with Gasteiger partial charge in [0.15, 0.2) is 0 Å². The van der Waals surface area contributed by atoms with E-state index in [0.717, 1.165) is 0 Å². The van der Waals surface area contributed by atoms with E-state index < -0.39 is 0 Å². The van der Waals surface area contributed by atoms with Gasteiger partial charge in [0, 0.05) is 7.05 Å². The molecule has 0 aromatic rings. The minimum absolute atomic E-state index is 0.390. The normalized spacial score (nSPS) is 9.43. The lowest BCUT2D eigenvalue weighted by molar-refractivity contribution is -0.334. The molecule has 0 aliphatic carbocycles. The molecule has 0 rings (SSSR count). The first-order chi connectivity index (χ1) is 3.41. The zero-order chi connectivity index (χ0) is 5.54. The average molecular weight is 106 g/mol. The lowest BCUT2D eigenvalue weighted by atomic mass is 11.2. The molecule has 0 aromatic heterocycles. The zero-order valence-corrected chi connectivity index (χ0v) is 4.52. The maximum absolute atomic E-state index is 4.41. The topological polar surface area (TPSA) is 42.5 Å². The van der Waals surface area contributed by atoms with Crippen LogP contribution < -0.4 is 10.8 Å². The van der Waals surface area contributed by atoms with Gasteiger partial charge in [-0.05, 0) is 7.05 Å². The summed E-state index contributed by atoms with van der Waals surface area (Å²) in [5.41, 5.74) is 2.34. The molecule has 0 fully saturated rings. The summed E-state index contributed by atoms with van der Waals surface area (Å²) < 4.78 is 0. The summed E-state index contributed by atoms with van der Waals surface area (Å²) >= 11 is 0. The smallest absolute Gasteiger partial charge is 0.134 e. The van der Waals surface area contributed by atoms with Gasteiger partial charge in [-0.2, -0.15) is 5.48 Å². The molecule has 0 spiro atoms. The van der Waals surface area contributed by atoms with E-state index in [1.54, 1.807) is 14.1 Å². The molecule has 0 radical (unpaired) electrons. The van der Waals surface area contributed by atoms with Crippen molar-refractivity contribution >= 4 is 0 Å². The first-order valence-electron chi connectivity index (χ1n) is 2.01. The van der Waals surface area contributed by atoms with E-state index >= 15 is 0 Å². The molecule has 0 unspecified atom stereocenters. The summed E-state index contributed by atoms with van der Waals surface area (Å²) in [4.78, 5) is 8.67. The number of hydrogen-bond acceptors (Lipinski definition) is 4. The lowest BCUT2D eigenvalue weighted by Gasteiger charge is -1.97. The Bertz CT molecular complexity index is 30.1. The SMILES string of the molecule is CNCOONC. The van der Waals surface area contributed by atoms with Crippen LogP contribution in [-0.2, 0) is 9.88 Å². The first-order valence-corrected chi connectivity index (χ1v) is 2.01. The van der Waals surface area contributed by atoms with E-state index in [1.807, 2.05) is 0 Å². The highest BCUT2D eigenvalue weighted by Gasteiger charge is 1.75. The molecule has 2 N–H and O–H groups in total. The van der Waals surface area contributed by atoms with Crippen LogP contribution >= 0.6 is 0 Å². The summed E-state index contributed by atoms with van der Waals surface area (Å²) in [6, 6.07) is 0. The van der Waals surface area contributed by atoms with E-state index in [-0.39, 0.29) is 0 Å². The van der Waals surface area contributed by atoms with Crippen molar-refractivity contribution in [2.75, 3.05) is 20.8 Å². The summed E-state index contributed by atoms with van der Waals surface area (Å²) in [7, 11) is 3.38. The largest absolute Gasteiger partial charge is 0.295 e. The van der Waals surface area contributed by atoms with Gasteiger partial charge in [0.2, 0.25) is 0 Å². The second kappa shape index (κ2) is 5.84. The highest BCUT2D eigenvalue weighted by Crippen LogP contribution is 1.62. The van der Waals surface area contributed by atoms with Gasteiger partial charge in [0.25, 0.3) is 0 Å². The molecular weight excluding hydrogens is 96.0 g/mol. The van der Waals surface area contributed by atoms with Crippen molar-refractivity contribution in [3.8, 4) is 0 Å². The second-order valence-corrected chi connectivity index (χ2v) is 0.903. The Balaban J connectivity index is 2.45. The highest BCUT2D eigenvalue weighted by atomic mass is 17.3. The minimum Gasteiger partial charge on any atom is -0.295 e. The molecule has 0 saturated heterocycles. The number of rotatable bonds is 4. The van der Waals surface area contributed by atoms with Crippen molar-refractivity contribution in [1.82, 2.24) is 10.8 Å². The fraction of sp³-hybridized carbons (Fsp3) is 1.00. The van der Waals surface area contributed by atoms with Crippen LogP contribution in [0.4, 0.5) is 0 Å². The van der Waals surface area contributed by atoms with Crippen molar-refractivity contribution < 1.29 is 9.88 Å². The Hall–Kier alpha value is -0.160. The van der Waals surface area contributed by atoms with E-state index in [4.69, 9.17) is 0 Å². The zero-order valence-electron chi connectivity index (χ0n) is 4.52. The van der Waals surface area contributed by atoms with Crippen LogP contribution in [-0.4, -0.2) is 20.8 Å². The molecule has 7 heavy (non-hydrogen) atoms. The van der Waals surface area contributed by atoms with Gasteiger partial charge in [-0.3, -0.25) is 5.32 Å². The van der Waals surface area contributed by atoms with Gasteiger partial charge in [0.05, 0.1) is 0 Å². The molecule has 4 nitrogen and oxygen atoms in total. The Kier molecular flexibility index (Phi) is 5.71. The van der Waals surface area contributed by atoms with Gasteiger partial charge < -0.3 is 0 Å². The Labute approximate surface area is 42.7 Å². The van der Waals surface area contributed by atoms with Crippen LogP contribution in [0, 0.1) is 0 Å². The fourth-order valence-electron chi connectivity index (χ4n) is 0.147. The van der Waals surface area contributed by atoms with Crippen molar-refractivity contribution in [2.45, 2.75) is 0 Å². The molecule has 0 aromatic carbocycles. The van der Waals surface area contributed by atoms with Crippen LogP contribution in [0.2, 0.25) is 0 Å². The van der Waals surface area contributed by atoms with Gasteiger partial charge in [-0.15, -0.1) is 4.99 Å². The maximum Gasteiger partial charge on any atom is 0.134 e. The van der Waals surface area contributed by atoms with E-state index in [0.29, 0.717) is 6.73 Å². The Morgan fingerprint density at radius 3 is 2.57 bits per heavy atom. The molecule has 0 aliphatic rings. The third-order valence-electron chi connectivity index (χ3n) is 0.346. The van der Waals surface area contributed by atoms with Gasteiger partial charge in [0.1, 0.15) is 6.73 Å². The van der Waals surface area contributed by atoms with Crippen molar-refractivity contribution in [3.63, 3.8) is 0 Å². The number of nitrogens with one attached hydrogen (secondary N) is 2. The third kappa shape index (κ3) is 5.84. The van der Waals surface area contributed by atoms with Crippen molar-refractivity contribution in [1.29, 1.82) is 0 Å². The number of hydrogen-bond donors (Lipinski definition) is 2. The summed E-state index contributed by atoms with van der Waals surface area (Å²) in [5.74, 6) is 0. The molecule has 0 bridgehead atoms. The monoisotopic (exact) mass is 106 g/mol. The number of hydroxylamine groups is 1. The van der Waals surface area contributed by atoms with E-state index in [1.165, 1.54) is 0 Å². The van der Waals surface area contributed by atoms with Gasteiger partial charge in [-0.1, -0.05) is 0 Å². The van der Waals surface area contributed by atoms with Crippen LogP contribution in [0.25, 0.3) is 0 Å².